The highest BCUT2D eigenvalue weighted by Crippen LogP contribution is 2.22. The average Bonchev–Trinajstić information content (AvgIpc) is 3.37. The molecular formula is C20H22N4O2. The Morgan fingerprint density at radius 3 is 2.88 bits per heavy atom. The summed E-state index contributed by atoms with van der Waals surface area (Å²) in [6.45, 7) is 2.69. The van der Waals surface area contributed by atoms with Crippen LogP contribution < -0.4 is 10.6 Å². The number of benzene rings is 1. The molecule has 1 aliphatic heterocycles. The van der Waals surface area contributed by atoms with E-state index in [1.54, 1.807) is 17.0 Å². The van der Waals surface area contributed by atoms with Crippen molar-refractivity contribution < 1.29 is 9.21 Å². The van der Waals surface area contributed by atoms with E-state index < -0.39 is 0 Å². The van der Waals surface area contributed by atoms with Crippen molar-refractivity contribution in [2.75, 3.05) is 19.6 Å². The van der Waals surface area contributed by atoms with Crippen LogP contribution in [0.3, 0.4) is 0 Å². The van der Waals surface area contributed by atoms with Gasteiger partial charge in [-0.1, -0.05) is 18.2 Å². The third kappa shape index (κ3) is 3.55. The van der Waals surface area contributed by atoms with E-state index in [2.05, 4.69) is 15.7 Å². The number of piperidine rings is 1. The molecule has 1 saturated heterocycles. The highest BCUT2D eigenvalue weighted by molar-refractivity contribution is 5.94. The highest BCUT2D eigenvalue weighted by Gasteiger charge is 2.20. The highest BCUT2D eigenvalue weighted by atomic mass is 16.3. The van der Waals surface area contributed by atoms with Gasteiger partial charge in [0.1, 0.15) is 11.4 Å². The Morgan fingerprint density at radius 1 is 1.27 bits per heavy atom. The maximum absolute atomic E-state index is 12.8. The Hall–Kier alpha value is -2.86. The van der Waals surface area contributed by atoms with Crippen molar-refractivity contribution in [3.05, 3.63) is 60.5 Å². The first-order chi connectivity index (χ1) is 12.8. The Balaban J connectivity index is 1.59. The molecule has 3 heterocycles. The number of rotatable bonds is 5. The molecule has 134 valence electrons. The van der Waals surface area contributed by atoms with Crippen molar-refractivity contribution in [1.82, 2.24) is 20.4 Å². The second-order valence-electron chi connectivity index (χ2n) is 6.56. The van der Waals surface area contributed by atoms with E-state index in [9.17, 15) is 4.79 Å². The molecule has 0 bridgehead atoms. The monoisotopic (exact) mass is 350 g/mol. The molecule has 2 aromatic heterocycles. The van der Waals surface area contributed by atoms with E-state index in [0.29, 0.717) is 29.6 Å². The van der Waals surface area contributed by atoms with Crippen molar-refractivity contribution >= 4 is 5.91 Å². The molecule has 0 radical (unpaired) electrons. The van der Waals surface area contributed by atoms with Crippen LogP contribution in [-0.2, 0) is 0 Å². The fourth-order valence-electron chi connectivity index (χ4n) is 3.28. The minimum absolute atomic E-state index is 0.121. The van der Waals surface area contributed by atoms with Gasteiger partial charge in [-0.3, -0.25) is 4.79 Å². The van der Waals surface area contributed by atoms with Crippen LogP contribution in [0, 0.1) is 5.92 Å². The van der Waals surface area contributed by atoms with Gasteiger partial charge < -0.3 is 15.1 Å². The third-order valence-corrected chi connectivity index (χ3v) is 4.67. The predicted molar refractivity (Wildman–Crippen MR) is 99.2 cm³/mol. The Morgan fingerprint density at radius 2 is 2.15 bits per heavy atom. The number of hydrogen-bond donors (Lipinski definition) is 2. The summed E-state index contributed by atoms with van der Waals surface area (Å²) < 4.78 is 7.12. The van der Waals surface area contributed by atoms with Gasteiger partial charge in [-0.05, 0) is 56.1 Å². The number of nitrogens with one attached hydrogen (secondary N) is 2. The van der Waals surface area contributed by atoms with Crippen LogP contribution in [0.5, 0.6) is 0 Å². The molecule has 1 amide bonds. The molecule has 1 unspecified atom stereocenters. The van der Waals surface area contributed by atoms with Crippen LogP contribution in [0.15, 0.2) is 59.2 Å². The molecular weight excluding hydrogens is 328 g/mol. The first kappa shape index (κ1) is 16.6. The summed E-state index contributed by atoms with van der Waals surface area (Å²) in [5, 5.41) is 11.0. The number of carbonyl (C=O) groups excluding carboxylic acids is 1. The minimum Gasteiger partial charge on any atom is -0.463 e. The second kappa shape index (κ2) is 7.58. The Kier molecular flexibility index (Phi) is 4.84. The lowest BCUT2D eigenvalue weighted by molar-refractivity contribution is 0.0937. The molecule has 0 spiro atoms. The van der Waals surface area contributed by atoms with E-state index >= 15 is 0 Å². The molecule has 1 aromatic carbocycles. The van der Waals surface area contributed by atoms with Crippen LogP contribution >= 0.6 is 0 Å². The molecule has 6 heteroatoms. The minimum atomic E-state index is -0.121. The number of nitrogens with zero attached hydrogens (tertiary/aromatic N) is 2. The normalized spacial score (nSPS) is 17.2. The van der Waals surface area contributed by atoms with Crippen molar-refractivity contribution in [2.24, 2.45) is 5.92 Å². The lowest BCUT2D eigenvalue weighted by Gasteiger charge is -2.22. The molecule has 0 saturated carbocycles. The first-order valence-electron chi connectivity index (χ1n) is 8.99. The van der Waals surface area contributed by atoms with Gasteiger partial charge in [0.15, 0.2) is 5.76 Å². The fraction of sp³-hybridized carbons (Fsp3) is 0.300. The molecule has 4 rings (SSSR count). The zero-order chi connectivity index (χ0) is 17.8. The molecule has 1 fully saturated rings. The number of furan rings is 1. The van der Waals surface area contributed by atoms with Crippen LogP contribution in [0.1, 0.15) is 23.3 Å². The quantitative estimate of drug-likeness (QED) is 0.742. The summed E-state index contributed by atoms with van der Waals surface area (Å²) in [4.78, 5) is 12.8. The van der Waals surface area contributed by atoms with Gasteiger partial charge >= 0.3 is 0 Å². The van der Waals surface area contributed by atoms with Crippen LogP contribution in [0.4, 0.5) is 0 Å². The summed E-state index contributed by atoms with van der Waals surface area (Å²) >= 11 is 0. The molecule has 1 aliphatic rings. The summed E-state index contributed by atoms with van der Waals surface area (Å²) in [5.74, 6) is 1.00. The van der Waals surface area contributed by atoms with Gasteiger partial charge in [-0.2, -0.15) is 5.10 Å². The molecule has 3 aromatic rings. The number of hydrogen-bond acceptors (Lipinski definition) is 4. The fourth-order valence-corrected chi connectivity index (χ4v) is 3.28. The molecule has 0 aliphatic carbocycles. The van der Waals surface area contributed by atoms with E-state index in [-0.39, 0.29) is 5.91 Å². The number of para-hydroxylation sites is 1. The first-order valence-corrected chi connectivity index (χ1v) is 8.99. The number of amides is 1. The molecule has 6 nitrogen and oxygen atoms in total. The Bertz CT molecular complexity index is 849. The standard InChI is InChI=1S/C20H22N4O2/c25-20(22-14-15-6-4-10-21-13-15)18-12-17(19-9-5-11-26-19)23-24(18)16-7-2-1-3-8-16/h1-3,5,7-9,11-12,15,21H,4,6,10,13-14H2,(H,22,25). The smallest absolute Gasteiger partial charge is 0.270 e. The molecule has 2 N–H and O–H groups in total. The van der Waals surface area contributed by atoms with Gasteiger partial charge in [-0.25, -0.2) is 4.68 Å². The van der Waals surface area contributed by atoms with Gasteiger partial charge in [0.05, 0.1) is 12.0 Å². The summed E-state index contributed by atoms with van der Waals surface area (Å²) in [6, 6.07) is 15.1. The summed E-state index contributed by atoms with van der Waals surface area (Å²) in [6.07, 6.45) is 3.90. The lowest BCUT2D eigenvalue weighted by atomic mass is 10.00. The maximum atomic E-state index is 12.8. The Labute approximate surface area is 152 Å². The topological polar surface area (TPSA) is 72.1 Å². The summed E-state index contributed by atoms with van der Waals surface area (Å²) in [7, 11) is 0. The summed E-state index contributed by atoms with van der Waals surface area (Å²) in [5.41, 5.74) is 1.99. The van der Waals surface area contributed by atoms with Gasteiger partial charge in [0.25, 0.3) is 5.91 Å². The molecule has 1 atom stereocenters. The van der Waals surface area contributed by atoms with Crippen LogP contribution in [-0.4, -0.2) is 35.3 Å². The van der Waals surface area contributed by atoms with Crippen LogP contribution in [0.2, 0.25) is 0 Å². The van der Waals surface area contributed by atoms with E-state index in [1.165, 1.54) is 0 Å². The SMILES string of the molecule is O=C(NCC1CCCNC1)c1cc(-c2ccco2)nn1-c1ccccc1. The second-order valence-corrected chi connectivity index (χ2v) is 6.56. The number of aromatic nitrogens is 2. The molecule has 26 heavy (non-hydrogen) atoms. The van der Waals surface area contributed by atoms with Gasteiger partial charge in [0, 0.05) is 12.6 Å². The largest absolute Gasteiger partial charge is 0.463 e. The third-order valence-electron chi connectivity index (χ3n) is 4.67. The maximum Gasteiger partial charge on any atom is 0.270 e. The zero-order valence-corrected chi connectivity index (χ0v) is 14.5. The lowest BCUT2D eigenvalue weighted by Crippen LogP contribution is -2.38. The van der Waals surface area contributed by atoms with Gasteiger partial charge in [0.2, 0.25) is 0 Å². The average molecular weight is 350 g/mol. The van der Waals surface area contributed by atoms with Crippen molar-refractivity contribution in [1.29, 1.82) is 0 Å². The predicted octanol–water partition coefficient (Wildman–Crippen LogP) is 2.86. The van der Waals surface area contributed by atoms with Crippen molar-refractivity contribution in [2.45, 2.75) is 12.8 Å². The van der Waals surface area contributed by atoms with Crippen molar-refractivity contribution in [3.63, 3.8) is 0 Å². The van der Waals surface area contributed by atoms with E-state index in [1.807, 2.05) is 42.5 Å². The zero-order valence-electron chi connectivity index (χ0n) is 14.5. The van der Waals surface area contributed by atoms with E-state index in [4.69, 9.17) is 4.42 Å². The van der Waals surface area contributed by atoms with Crippen LogP contribution in [0.25, 0.3) is 17.1 Å². The van der Waals surface area contributed by atoms with Crippen molar-refractivity contribution in [3.8, 4) is 17.1 Å². The van der Waals surface area contributed by atoms with E-state index in [0.717, 1.165) is 31.6 Å². The van der Waals surface area contributed by atoms with Gasteiger partial charge in [-0.15, -0.1) is 0 Å². The number of carbonyl (C=O) groups is 1.